The monoisotopic (exact) mass is 296 g/mol. The Morgan fingerprint density at radius 1 is 1.60 bits per heavy atom. The van der Waals surface area contributed by atoms with E-state index < -0.39 is 5.41 Å². The van der Waals surface area contributed by atoms with Crippen LogP contribution < -0.4 is 11.1 Å². The molecule has 20 heavy (non-hydrogen) atoms. The Labute approximate surface area is 122 Å². The van der Waals surface area contributed by atoms with Gasteiger partial charge in [-0.1, -0.05) is 18.0 Å². The summed E-state index contributed by atoms with van der Waals surface area (Å²) in [7, 11) is 0. The average Bonchev–Trinajstić information content (AvgIpc) is 3.07. The topological polar surface area (TPSA) is 101 Å². The summed E-state index contributed by atoms with van der Waals surface area (Å²) in [5.41, 5.74) is 4.89. The van der Waals surface area contributed by atoms with E-state index >= 15 is 0 Å². The summed E-state index contributed by atoms with van der Waals surface area (Å²) in [6.07, 6.45) is 4.86. The highest BCUT2D eigenvalue weighted by atomic mass is 32.1. The highest BCUT2D eigenvalue weighted by molar-refractivity contribution is 7.11. The maximum atomic E-state index is 12.6. The first kappa shape index (κ1) is 14.8. The number of rotatable bonds is 4. The fourth-order valence-corrected chi connectivity index (χ4v) is 3.42. The maximum absolute atomic E-state index is 12.6. The number of amides is 1. The van der Waals surface area contributed by atoms with Crippen molar-refractivity contribution in [2.75, 3.05) is 0 Å². The standard InChI is InChI=1S/C13H20N4O2S/c1-8-7-15-10(20-8)9(2)16-12(18)13(11(14)17-19)5-3-4-6-13/h7,9,19H,3-6H2,1-2H3,(H2,14,17)(H,16,18). The summed E-state index contributed by atoms with van der Waals surface area (Å²) in [6, 6.07) is -0.176. The van der Waals surface area contributed by atoms with Crippen molar-refractivity contribution in [2.24, 2.45) is 16.3 Å². The molecule has 0 bridgehead atoms. The van der Waals surface area contributed by atoms with E-state index in [0.717, 1.165) is 22.7 Å². The minimum atomic E-state index is -0.866. The number of nitrogens with zero attached hydrogens (tertiary/aromatic N) is 2. The minimum absolute atomic E-state index is 0.00928. The van der Waals surface area contributed by atoms with E-state index in [1.54, 1.807) is 17.5 Å². The van der Waals surface area contributed by atoms with Crippen molar-refractivity contribution in [1.29, 1.82) is 0 Å². The number of nitrogens with one attached hydrogen (secondary N) is 1. The van der Waals surface area contributed by atoms with Crippen LogP contribution in [0.4, 0.5) is 0 Å². The van der Waals surface area contributed by atoms with E-state index in [4.69, 9.17) is 10.9 Å². The molecular weight excluding hydrogens is 276 g/mol. The zero-order valence-corrected chi connectivity index (χ0v) is 12.5. The molecule has 7 heteroatoms. The Hall–Kier alpha value is -1.63. The number of nitrogens with two attached hydrogens (primary N) is 1. The molecule has 1 aliphatic rings. The summed E-state index contributed by atoms with van der Waals surface area (Å²) in [6.45, 7) is 3.87. The van der Waals surface area contributed by atoms with Crippen LogP contribution in [-0.2, 0) is 4.79 Å². The highest BCUT2D eigenvalue weighted by Gasteiger charge is 2.45. The smallest absolute Gasteiger partial charge is 0.234 e. The van der Waals surface area contributed by atoms with Crippen molar-refractivity contribution in [2.45, 2.75) is 45.6 Å². The molecule has 0 radical (unpaired) electrons. The van der Waals surface area contributed by atoms with Gasteiger partial charge in [0.1, 0.15) is 10.4 Å². The van der Waals surface area contributed by atoms with Gasteiger partial charge in [-0.25, -0.2) is 4.98 Å². The quantitative estimate of drug-likeness (QED) is 0.342. The van der Waals surface area contributed by atoms with Gasteiger partial charge < -0.3 is 16.3 Å². The van der Waals surface area contributed by atoms with Gasteiger partial charge in [0.2, 0.25) is 5.91 Å². The van der Waals surface area contributed by atoms with Gasteiger partial charge >= 0.3 is 0 Å². The molecule has 1 saturated carbocycles. The molecule has 1 unspecified atom stereocenters. The summed E-state index contributed by atoms with van der Waals surface area (Å²) in [4.78, 5) is 17.9. The van der Waals surface area contributed by atoms with Crippen molar-refractivity contribution < 1.29 is 10.0 Å². The molecule has 110 valence electrons. The Morgan fingerprint density at radius 2 is 2.25 bits per heavy atom. The number of carbonyl (C=O) groups excluding carboxylic acids is 1. The van der Waals surface area contributed by atoms with Crippen LogP contribution in [0, 0.1) is 12.3 Å². The van der Waals surface area contributed by atoms with Crippen LogP contribution in [-0.4, -0.2) is 21.9 Å². The van der Waals surface area contributed by atoms with Crippen molar-refractivity contribution in [3.05, 3.63) is 16.1 Å². The lowest BCUT2D eigenvalue weighted by Crippen LogP contribution is -2.48. The maximum Gasteiger partial charge on any atom is 0.234 e. The van der Waals surface area contributed by atoms with Crippen molar-refractivity contribution >= 4 is 23.1 Å². The first-order chi connectivity index (χ1) is 9.49. The van der Waals surface area contributed by atoms with E-state index in [1.165, 1.54) is 0 Å². The predicted molar refractivity (Wildman–Crippen MR) is 77.7 cm³/mol. The second kappa shape index (κ2) is 5.78. The molecule has 0 spiro atoms. The van der Waals surface area contributed by atoms with Gasteiger partial charge in [-0.3, -0.25) is 4.79 Å². The van der Waals surface area contributed by atoms with Crippen LogP contribution in [0.2, 0.25) is 0 Å². The zero-order chi connectivity index (χ0) is 14.8. The van der Waals surface area contributed by atoms with Crippen LogP contribution in [0.1, 0.15) is 48.5 Å². The molecule has 4 N–H and O–H groups in total. The molecule has 1 aromatic rings. The van der Waals surface area contributed by atoms with Crippen LogP contribution in [0.3, 0.4) is 0 Å². The van der Waals surface area contributed by atoms with Crippen LogP contribution in [0.25, 0.3) is 0 Å². The molecule has 0 aliphatic heterocycles. The zero-order valence-electron chi connectivity index (χ0n) is 11.7. The van der Waals surface area contributed by atoms with E-state index in [1.807, 2.05) is 13.8 Å². The van der Waals surface area contributed by atoms with Gasteiger partial charge in [-0.2, -0.15) is 0 Å². The number of oxime groups is 1. The van der Waals surface area contributed by atoms with Gasteiger partial charge in [0.05, 0.1) is 6.04 Å². The molecule has 2 rings (SSSR count). The SMILES string of the molecule is Cc1cnc(C(C)NC(=O)C2(/C(N)=N/O)CCCC2)s1. The van der Waals surface area contributed by atoms with Crippen molar-refractivity contribution in [3.8, 4) is 0 Å². The number of amidine groups is 1. The van der Waals surface area contributed by atoms with Gasteiger partial charge in [-0.05, 0) is 26.7 Å². The second-order valence-electron chi connectivity index (χ2n) is 5.28. The van der Waals surface area contributed by atoms with E-state index in [2.05, 4.69) is 15.5 Å². The predicted octanol–water partition coefficient (Wildman–Crippen LogP) is 1.94. The second-order valence-corrected chi connectivity index (χ2v) is 6.55. The van der Waals surface area contributed by atoms with Gasteiger partial charge in [0.25, 0.3) is 0 Å². The minimum Gasteiger partial charge on any atom is -0.409 e. The number of hydrogen-bond donors (Lipinski definition) is 3. The molecule has 1 aliphatic carbocycles. The molecular formula is C13H20N4O2S. The largest absolute Gasteiger partial charge is 0.409 e. The number of aromatic nitrogens is 1. The molecule has 1 atom stereocenters. The Balaban J connectivity index is 2.13. The molecule has 6 nitrogen and oxygen atoms in total. The number of thiazole rings is 1. The number of carbonyl (C=O) groups is 1. The first-order valence-corrected chi connectivity index (χ1v) is 7.52. The summed E-state index contributed by atoms with van der Waals surface area (Å²) < 4.78 is 0. The van der Waals surface area contributed by atoms with Crippen molar-refractivity contribution in [1.82, 2.24) is 10.3 Å². The molecule has 1 fully saturated rings. The third-order valence-corrected chi connectivity index (χ3v) is 4.94. The van der Waals surface area contributed by atoms with Crippen molar-refractivity contribution in [3.63, 3.8) is 0 Å². The van der Waals surface area contributed by atoms with Gasteiger partial charge in [0.15, 0.2) is 5.84 Å². The Morgan fingerprint density at radius 3 is 2.75 bits per heavy atom. The van der Waals surface area contributed by atoms with E-state index in [-0.39, 0.29) is 17.8 Å². The third-order valence-electron chi connectivity index (χ3n) is 3.85. The van der Waals surface area contributed by atoms with E-state index in [0.29, 0.717) is 12.8 Å². The Kier molecular flexibility index (Phi) is 4.27. The van der Waals surface area contributed by atoms with Crippen LogP contribution in [0.15, 0.2) is 11.4 Å². The molecule has 0 saturated heterocycles. The average molecular weight is 296 g/mol. The lowest BCUT2D eigenvalue weighted by molar-refractivity contribution is -0.128. The van der Waals surface area contributed by atoms with Crippen LogP contribution in [0.5, 0.6) is 0 Å². The van der Waals surface area contributed by atoms with Crippen LogP contribution >= 0.6 is 11.3 Å². The lowest BCUT2D eigenvalue weighted by Gasteiger charge is -2.27. The Bertz CT molecular complexity index is 520. The molecule has 1 aromatic heterocycles. The first-order valence-electron chi connectivity index (χ1n) is 6.71. The third kappa shape index (κ3) is 2.63. The normalized spacial score (nSPS) is 19.8. The van der Waals surface area contributed by atoms with Gasteiger partial charge in [-0.15, -0.1) is 11.3 Å². The number of aryl methyl sites for hydroxylation is 1. The number of hydrogen-bond acceptors (Lipinski definition) is 5. The molecule has 0 aromatic carbocycles. The lowest BCUT2D eigenvalue weighted by atomic mass is 9.83. The summed E-state index contributed by atoms with van der Waals surface area (Å²) >= 11 is 1.56. The molecule has 1 amide bonds. The van der Waals surface area contributed by atoms with E-state index in [9.17, 15) is 4.79 Å². The summed E-state index contributed by atoms with van der Waals surface area (Å²) in [5.74, 6) is -0.166. The molecule has 1 heterocycles. The summed E-state index contributed by atoms with van der Waals surface area (Å²) in [5, 5.41) is 15.8. The fourth-order valence-electron chi connectivity index (χ4n) is 2.64. The highest BCUT2D eigenvalue weighted by Crippen LogP contribution is 2.39. The fraction of sp³-hybridized carbons (Fsp3) is 0.615. The van der Waals surface area contributed by atoms with Gasteiger partial charge in [0, 0.05) is 11.1 Å².